The first-order valence-electron chi connectivity index (χ1n) is 9.91. The van der Waals surface area contributed by atoms with E-state index in [1.807, 2.05) is 0 Å². The molecule has 5 nitrogen and oxygen atoms in total. The molecule has 1 aliphatic carbocycles. The van der Waals surface area contributed by atoms with Crippen LogP contribution >= 0.6 is 11.3 Å². The van der Waals surface area contributed by atoms with Gasteiger partial charge in [0, 0.05) is 18.4 Å². The third-order valence-corrected chi connectivity index (χ3v) is 6.75. The molecule has 2 aromatic rings. The Morgan fingerprint density at radius 3 is 2.78 bits per heavy atom. The quantitative estimate of drug-likeness (QED) is 0.627. The molecule has 27 heavy (non-hydrogen) atoms. The fourth-order valence-electron chi connectivity index (χ4n) is 3.99. The number of rotatable bonds is 9. The molecule has 3 rings (SSSR count). The van der Waals surface area contributed by atoms with Crippen LogP contribution in [0, 0.1) is 5.41 Å². The summed E-state index contributed by atoms with van der Waals surface area (Å²) in [7, 11) is 0. The maximum atomic E-state index is 12.7. The van der Waals surface area contributed by atoms with E-state index in [0.29, 0.717) is 13.0 Å². The second-order valence-corrected chi connectivity index (χ2v) is 8.62. The van der Waals surface area contributed by atoms with Gasteiger partial charge >= 0.3 is 5.97 Å². The molecule has 1 saturated carbocycles. The van der Waals surface area contributed by atoms with Gasteiger partial charge in [-0.25, -0.2) is 4.98 Å². The molecule has 1 aromatic heterocycles. The van der Waals surface area contributed by atoms with Crippen molar-refractivity contribution >= 4 is 33.4 Å². The van der Waals surface area contributed by atoms with Gasteiger partial charge in [-0.1, -0.05) is 25.8 Å². The zero-order chi connectivity index (χ0) is 19.3. The Bertz CT molecular complexity index is 809. The Morgan fingerprint density at radius 1 is 1.30 bits per heavy atom. The number of aryl methyl sites for hydroxylation is 2. The highest BCUT2D eigenvalue weighted by atomic mass is 32.1. The highest BCUT2D eigenvalue weighted by Gasteiger charge is 2.40. The molecule has 0 atom stereocenters. The second-order valence-electron chi connectivity index (χ2n) is 7.50. The lowest BCUT2D eigenvalue weighted by Crippen LogP contribution is -2.40. The number of fused-ring (bicyclic) bond motifs is 1. The summed E-state index contributed by atoms with van der Waals surface area (Å²) in [6.45, 7) is 2.75. The van der Waals surface area contributed by atoms with Crippen LogP contribution in [0.4, 0.5) is 0 Å². The Morgan fingerprint density at radius 2 is 2.07 bits per heavy atom. The molecule has 0 radical (unpaired) electrons. The van der Waals surface area contributed by atoms with Gasteiger partial charge in [0.1, 0.15) is 0 Å². The number of benzene rings is 1. The molecule has 6 heteroatoms. The number of carboxylic acids is 1. The fourth-order valence-corrected chi connectivity index (χ4v) is 4.96. The molecule has 1 aliphatic rings. The minimum atomic E-state index is -0.821. The van der Waals surface area contributed by atoms with Gasteiger partial charge in [0.05, 0.1) is 15.2 Å². The first-order chi connectivity index (χ1) is 13.0. The van der Waals surface area contributed by atoms with Crippen LogP contribution < -0.4 is 5.32 Å². The summed E-state index contributed by atoms with van der Waals surface area (Å²) in [5.41, 5.74) is 1.87. The van der Waals surface area contributed by atoms with E-state index in [-0.39, 0.29) is 12.3 Å². The second kappa shape index (κ2) is 8.83. The smallest absolute Gasteiger partial charge is 0.303 e. The molecule has 0 aliphatic heterocycles. The molecule has 1 amide bonds. The number of amides is 1. The van der Waals surface area contributed by atoms with E-state index < -0.39 is 11.4 Å². The van der Waals surface area contributed by atoms with E-state index >= 15 is 0 Å². The van der Waals surface area contributed by atoms with Crippen LogP contribution in [0.3, 0.4) is 0 Å². The summed E-state index contributed by atoms with van der Waals surface area (Å²) in [4.78, 5) is 28.2. The Hall–Kier alpha value is -1.95. The molecule has 1 fully saturated rings. The zero-order valence-electron chi connectivity index (χ0n) is 15.9. The van der Waals surface area contributed by atoms with E-state index in [1.165, 1.54) is 10.3 Å². The molecule has 1 aromatic carbocycles. The number of carboxylic acid groups (broad SMARTS) is 1. The van der Waals surface area contributed by atoms with Crippen LogP contribution in [0.25, 0.3) is 10.2 Å². The SMILES string of the molecule is CCc1nc2ccc(CCCNC(=O)C3(CCC(=O)O)CCCC3)cc2s1. The van der Waals surface area contributed by atoms with Crippen molar-refractivity contribution in [2.75, 3.05) is 6.54 Å². The summed E-state index contributed by atoms with van der Waals surface area (Å²) >= 11 is 1.75. The third-order valence-electron chi connectivity index (χ3n) is 5.59. The van der Waals surface area contributed by atoms with Gasteiger partial charge in [0.2, 0.25) is 5.91 Å². The first-order valence-corrected chi connectivity index (χ1v) is 10.7. The van der Waals surface area contributed by atoms with Crippen LogP contribution in [-0.4, -0.2) is 28.5 Å². The van der Waals surface area contributed by atoms with Gasteiger partial charge in [-0.3, -0.25) is 9.59 Å². The van der Waals surface area contributed by atoms with Crippen LogP contribution in [0.5, 0.6) is 0 Å². The molecule has 0 unspecified atom stereocenters. The van der Waals surface area contributed by atoms with E-state index in [0.717, 1.165) is 55.5 Å². The summed E-state index contributed by atoms with van der Waals surface area (Å²) in [6.07, 6.45) is 6.94. The number of carbonyl (C=O) groups excluding carboxylic acids is 1. The van der Waals surface area contributed by atoms with Gasteiger partial charge in [-0.15, -0.1) is 11.3 Å². The first kappa shape index (κ1) is 19.8. The summed E-state index contributed by atoms with van der Waals surface area (Å²) in [6, 6.07) is 6.41. The fraction of sp³-hybridized carbons (Fsp3) is 0.571. The van der Waals surface area contributed by atoms with Crippen LogP contribution in [0.2, 0.25) is 0 Å². The molecule has 1 heterocycles. The number of nitrogens with one attached hydrogen (secondary N) is 1. The van der Waals surface area contributed by atoms with Crippen molar-refractivity contribution in [3.63, 3.8) is 0 Å². The Balaban J connectivity index is 1.50. The number of nitrogens with zero attached hydrogens (tertiary/aromatic N) is 1. The summed E-state index contributed by atoms with van der Waals surface area (Å²) < 4.78 is 1.23. The standard InChI is InChI=1S/C21H28N2O3S/c1-2-18-23-16-8-7-15(14-17(16)27-18)6-5-13-22-20(26)21(10-3-4-11-21)12-9-19(24)25/h7-8,14H,2-6,9-13H2,1H3,(H,22,26)(H,24,25). The highest BCUT2D eigenvalue weighted by molar-refractivity contribution is 7.18. The number of aliphatic carboxylic acids is 1. The number of hydrogen-bond acceptors (Lipinski definition) is 4. The van der Waals surface area contributed by atoms with E-state index in [9.17, 15) is 9.59 Å². The molecule has 0 bridgehead atoms. The highest BCUT2D eigenvalue weighted by Crippen LogP contribution is 2.42. The van der Waals surface area contributed by atoms with Crippen molar-refractivity contribution in [3.8, 4) is 0 Å². The number of thiazole rings is 1. The van der Waals surface area contributed by atoms with Gasteiger partial charge in [0.25, 0.3) is 0 Å². The topological polar surface area (TPSA) is 79.3 Å². The van der Waals surface area contributed by atoms with Crippen molar-refractivity contribution < 1.29 is 14.7 Å². The van der Waals surface area contributed by atoms with Gasteiger partial charge in [-0.05, 0) is 56.2 Å². The normalized spacial score (nSPS) is 15.9. The molecular weight excluding hydrogens is 360 g/mol. The van der Waals surface area contributed by atoms with Crippen molar-refractivity contribution in [2.45, 2.75) is 64.7 Å². The minimum Gasteiger partial charge on any atom is -0.481 e. The predicted octanol–water partition coefficient (Wildman–Crippen LogP) is 4.33. The van der Waals surface area contributed by atoms with E-state index in [4.69, 9.17) is 5.11 Å². The van der Waals surface area contributed by atoms with E-state index in [1.54, 1.807) is 11.3 Å². The van der Waals surface area contributed by atoms with Crippen molar-refractivity contribution in [2.24, 2.45) is 5.41 Å². The summed E-state index contributed by atoms with van der Waals surface area (Å²) in [5, 5.41) is 13.2. The third kappa shape index (κ3) is 4.86. The van der Waals surface area contributed by atoms with Crippen molar-refractivity contribution in [1.29, 1.82) is 0 Å². The Labute approximate surface area is 164 Å². The number of aromatic nitrogens is 1. The predicted molar refractivity (Wildman–Crippen MR) is 108 cm³/mol. The lowest BCUT2D eigenvalue weighted by atomic mass is 9.80. The van der Waals surface area contributed by atoms with Gasteiger partial charge in [0.15, 0.2) is 0 Å². The lowest BCUT2D eigenvalue weighted by molar-refractivity contribution is -0.138. The van der Waals surface area contributed by atoms with Crippen molar-refractivity contribution in [1.82, 2.24) is 10.3 Å². The maximum Gasteiger partial charge on any atom is 0.303 e. The number of hydrogen-bond donors (Lipinski definition) is 2. The Kier molecular flexibility index (Phi) is 6.47. The molecule has 0 spiro atoms. The van der Waals surface area contributed by atoms with E-state index in [2.05, 4.69) is 35.4 Å². The van der Waals surface area contributed by atoms with Crippen LogP contribution in [0.15, 0.2) is 18.2 Å². The van der Waals surface area contributed by atoms with Crippen LogP contribution in [0.1, 0.15) is 62.4 Å². The average Bonchev–Trinajstić information content (AvgIpc) is 3.30. The lowest BCUT2D eigenvalue weighted by Gasteiger charge is -2.27. The maximum absolute atomic E-state index is 12.7. The molecular formula is C21H28N2O3S. The average molecular weight is 389 g/mol. The largest absolute Gasteiger partial charge is 0.481 e. The van der Waals surface area contributed by atoms with Crippen molar-refractivity contribution in [3.05, 3.63) is 28.8 Å². The monoisotopic (exact) mass is 388 g/mol. The molecule has 146 valence electrons. The summed E-state index contributed by atoms with van der Waals surface area (Å²) in [5.74, 6) is -0.773. The molecule has 2 N–H and O–H groups in total. The molecule has 0 saturated heterocycles. The minimum absolute atomic E-state index is 0.0479. The van der Waals surface area contributed by atoms with Gasteiger partial charge < -0.3 is 10.4 Å². The van der Waals surface area contributed by atoms with Crippen LogP contribution in [-0.2, 0) is 22.4 Å². The van der Waals surface area contributed by atoms with Gasteiger partial charge in [-0.2, -0.15) is 0 Å². The zero-order valence-corrected chi connectivity index (χ0v) is 16.7. The number of carbonyl (C=O) groups is 2.